The highest BCUT2D eigenvalue weighted by Crippen LogP contribution is 2.02. The van der Waals surface area contributed by atoms with Crippen molar-refractivity contribution in [2.24, 2.45) is 5.73 Å². The van der Waals surface area contributed by atoms with E-state index in [4.69, 9.17) is 5.73 Å². The van der Waals surface area contributed by atoms with Crippen molar-refractivity contribution in [2.45, 2.75) is 19.3 Å². The first kappa shape index (κ1) is 11.0. The van der Waals surface area contributed by atoms with Crippen LogP contribution in [0, 0.1) is 0 Å². The summed E-state index contributed by atoms with van der Waals surface area (Å²) in [6.45, 7) is 7.07. The second kappa shape index (κ2) is 6.35. The van der Waals surface area contributed by atoms with E-state index < -0.39 is 0 Å². The van der Waals surface area contributed by atoms with Gasteiger partial charge in [0.1, 0.15) is 0 Å². The van der Waals surface area contributed by atoms with Gasteiger partial charge in [-0.15, -0.1) is 0 Å². The molecule has 2 N–H and O–H groups in total. The Hall–Kier alpha value is -0.120. The highest BCUT2D eigenvalue weighted by atomic mass is 15.2. The van der Waals surface area contributed by atoms with Crippen LogP contribution in [0.3, 0.4) is 0 Å². The molecule has 0 aromatic rings. The summed E-state index contributed by atoms with van der Waals surface area (Å²) in [6.07, 6.45) is 3.76. The van der Waals surface area contributed by atoms with Gasteiger partial charge in [-0.25, -0.2) is 0 Å². The van der Waals surface area contributed by atoms with Crippen molar-refractivity contribution >= 4 is 0 Å². The summed E-state index contributed by atoms with van der Waals surface area (Å²) >= 11 is 0. The molecule has 13 heavy (non-hydrogen) atoms. The normalized spacial score (nSPS) is 21.7. The molecular formula is C10H23N3. The van der Waals surface area contributed by atoms with Crippen molar-refractivity contribution in [3.8, 4) is 0 Å². The van der Waals surface area contributed by atoms with E-state index in [9.17, 15) is 0 Å². The first-order valence-electron chi connectivity index (χ1n) is 5.44. The maximum absolute atomic E-state index is 5.47. The summed E-state index contributed by atoms with van der Waals surface area (Å²) in [6, 6.07) is 0. The largest absolute Gasteiger partial charge is 0.330 e. The van der Waals surface area contributed by atoms with Gasteiger partial charge in [0.05, 0.1) is 0 Å². The minimum Gasteiger partial charge on any atom is -0.330 e. The van der Waals surface area contributed by atoms with E-state index in [0.29, 0.717) is 0 Å². The summed E-state index contributed by atoms with van der Waals surface area (Å²) in [7, 11) is 2.21. The molecule has 0 bridgehead atoms. The van der Waals surface area contributed by atoms with Gasteiger partial charge in [-0.1, -0.05) is 0 Å². The zero-order chi connectivity index (χ0) is 9.52. The molecule has 0 atom stereocenters. The molecule has 0 unspecified atom stereocenters. The van der Waals surface area contributed by atoms with Gasteiger partial charge in [-0.3, -0.25) is 0 Å². The Morgan fingerprint density at radius 2 is 1.92 bits per heavy atom. The summed E-state index contributed by atoms with van der Waals surface area (Å²) in [4.78, 5) is 4.99. The van der Waals surface area contributed by atoms with Crippen LogP contribution in [-0.2, 0) is 0 Å². The van der Waals surface area contributed by atoms with Gasteiger partial charge in [0.15, 0.2) is 0 Å². The lowest BCUT2D eigenvalue weighted by molar-refractivity contribution is 0.272. The molecule has 1 aliphatic rings. The van der Waals surface area contributed by atoms with Crippen molar-refractivity contribution in [1.82, 2.24) is 9.80 Å². The Balaban J connectivity index is 2.11. The molecule has 0 aromatic carbocycles. The van der Waals surface area contributed by atoms with Gasteiger partial charge in [-0.2, -0.15) is 0 Å². The molecule has 1 saturated heterocycles. The summed E-state index contributed by atoms with van der Waals surface area (Å²) in [5, 5.41) is 0. The number of hydrogen-bond acceptors (Lipinski definition) is 3. The van der Waals surface area contributed by atoms with Crippen LogP contribution < -0.4 is 5.73 Å². The van der Waals surface area contributed by atoms with Crippen LogP contribution in [0.1, 0.15) is 19.3 Å². The fourth-order valence-electron chi connectivity index (χ4n) is 1.80. The Labute approximate surface area is 81.9 Å². The fourth-order valence-corrected chi connectivity index (χ4v) is 1.80. The number of rotatable bonds is 4. The Morgan fingerprint density at radius 3 is 2.69 bits per heavy atom. The fraction of sp³-hybridized carbons (Fsp3) is 1.00. The van der Waals surface area contributed by atoms with Gasteiger partial charge >= 0.3 is 0 Å². The zero-order valence-corrected chi connectivity index (χ0v) is 8.84. The average Bonchev–Trinajstić information content (AvgIpc) is 2.32. The van der Waals surface area contributed by atoms with Gasteiger partial charge in [0, 0.05) is 13.1 Å². The molecule has 3 heteroatoms. The minimum atomic E-state index is 0.841. The van der Waals surface area contributed by atoms with E-state index in [2.05, 4.69) is 16.8 Å². The van der Waals surface area contributed by atoms with Crippen LogP contribution in [0.15, 0.2) is 0 Å². The molecule has 1 heterocycles. The Kier molecular flexibility index (Phi) is 5.35. The highest BCUT2D eigenvalue weighted by Gasteiger charge is 2.10. The molecule has 0 saturated carbocycles. The lowest BCUT2D eigenvalue weighted by atomic mass is 10.3. The summed E-state index contributed by atoms with van der Waals surface area (Å²) < 4.78 is 0. The predicted molar refractivity (Wildman–Crippen MR) is 56.8 cm³/mol. The van der Waals surface area contributed by atoms with E-state index in [1.54, 1.807) is 0 Å². The molecule has 1 fully saturated rings. The van der Waals surface area contributed by atoms with Crippen molar-refractivity contribution in [2.75, 3.05) is 46.3 Å². The molecule has 1 rings (SSSR count). The third-order valence-electron chi connectivity index (χ3n) is 2.74. The van der Waals surface area contributed by atoms with Crippen molar-refractivity contribution in [3.63, 3.8) is 0 Å². The average molecular weight is 185 g/mol. The molecule has 0 amide bonds. The van der Waals surface area contributed by atoms with Crippen molar-refractivity contribution in [3.05, 3.63) is 0 Å². The molecule has 0 aromatic heterocycles. The molecule has 78 valence electrons. The Bertz CT molecular complexity index is 127. The maximum Gasteiger partial charge on any atom is 0.0109 e. The molecule has 0 aliphatic carbocycles. The second-order valence-corrected chi connectivity index (χ2v) is 3.99. The quantitative estimate of drug-likeness (QED) is 0.642. The molecular weight excluding hydrogens is 162 g/mol. The SMILES string of the molecule is CN1CCCN(CCCCN)CC1. The third kappa shape index (κ3) is 4.60. The smallest absolute Gasteiger partial charge is 0.0109 e. The molecule has 3 nitrogen and oxygen atoms in total. The number of unbranched alkanes of at least 4 members (excludes halogenated alkanes) is 1. The van der Waals surface area contributed by atoms with Crippen LogP contribution in [-0.4, -0.2) is 56.1 Å². The van der Waals surface area contributed by atoms with Crippen LogP contribution in [0.4, 0.5) is 0 Å². The standard InChI is InChI=1S/C10H23N3/c1-12-6-4-8-13(10-9-12)7-3-2-5-11/h2-11H2,1H3. The van der Waals surface area contributed by atoms with Crippen molar-refractivity contribution in [1.29, 1.82) is 0 Å². The van der Waals surface area contributed by atoms with Crippen molar-refractivity contribution < 1.29 is 0 Å². The van der Waals surface area contributed by atoms with E-state index in [1.165, 1.54) is 52.0 Å². The molecule has 0 radical (unpaired) electrons. The van der Waals surface area contributed by atoms with Gasteiger partial charge in [0.2, 0.25) is 0 Å². The lowest BCUT2D eigenvalue weighted by Crippen LogP contribution is -2.30. The Morgan fingerprint density at radius 1 is 1.08 bits per heavy atom. The first-order chi connectivity index (χ1) is 6.33. The van der Waals surface area contributed by atoms with Crippen LogP contribution in [0.5, 0.6) is 0 Å². The first-order valence-corrected chi connectivity index (χ1v) is 5.44. The summed E-state index contributed by atoms with van der Waals surface area (Å²) in [5.74, 6) is 0. The van der Waals surface area contributed by atoms with Gasteiger partial charge in [-0.05, 0) is 52.5 Å². The number of likely N-dealkylation sites (N-methyl/N-ethyl adjacent to an activating group) is 1. The van der Waals surface area contributed by atoms with Gasteiger partial charge in [0.25, 0.3) is 0 Å². The lowest BCUT2D eigenvalue weighted by Gasteiger charge is -2.19. The number of nitrogens with two attached hydrogens (primary N) is 1. The minimum absolute atomic E-state index is 0.841. The monoisotopic (exact) mass is 185 g/mol. The van der Waals surface area contributed by atoms with E-state index >= 15 is 0 Å². The number of hydrogen-bond donors (Lipinski definition) is 1. The third-order valence-corrected chi connectivity index (χ3v) is 2.74. The summed E-state index contributed by atoms with van der Waals surface area (Å²) in [5.41, 5.74) is 5.47. The number of nitrogens with zero attached hydrogens (tertiary/aromatic N) is 2. The van der Waals surface area contributed by atoms with E-state index in [0.717, 1.165) is 6.54 Å². The molecule has 1 aliphatic heterocycles. The maximum atomic E-state index is 5.47. The van der Waals surface area contributed by atoms with Crippen LogP contribution in [0.25, 0.3) is 0 Å². The van der Waals surface area contributed by atoms with Crippen LogP contribution in [0.2, 0.25) is 0 Å². The topological polar surface area (TPSA) is 32.5 Å². The highest BCUT2D eigenvalue weighted by molar-refractivity contribution is 4.66. The zero-order valence-electron chi connectivity index (χ0n) is 8.84. The second-order valence-electron chi connectivity index (χ2n) is 3.99. The molecule has 0 spiro atoms. The van der Waals surface area contributed by atoms with Crippen LogP contribution >= 0.6 is 0 Å². The van der Waals surface area contributed by atoms with Gasteiger partial charge < -0.3 is 15.5 Å². The van der Waals surface area contributed by atoms with E-state index in [-0.39, 0.29) is 0 Å². The predicted octanol–water partition coefficient (Wildman–Crippen LogP) is 0.363. The van der Waals surface area contributed by atoms with E-state index in [1.807, 2.05) is 0 Å².